The lowest BCUT2D eigenvalue weighted by Crippen LogP contribution is -2.41. The summed E-state index contributed by atoms with van der Waals surface area (Å²) in [5.74, 6) is -1.13. The van der Waals surface area contributed by atoms with Crippen molar-refractivity contribution in [2.75, 3.05) is 5.75 Å². The van der Waals surface area contributed by atoms with E-state index < -0.39 is 17.9 Å². The lowest BCUT2D eigenvalue weighted by atomic mass is 10.2. The molecule has 6 heteroatoms. The first-order valence-corrected chi connectivity index (χ1v) is 4.81. The first-order valence-electron chi connectivity index (χ1n) is 4.18. The molecule has 80 valence electrons. The molecule has 0 spiro atoms. The van der Waals surface area contributed by atoms with Gasteiger partial charge in [0, 0.05) is 12.8 Å². The maximum atomic E-state index is 11.0. The molecule has 1 amide bonds. The number of aliphatic carboxylic acids is 1. The summed E-state index contributed by atoms with van der Waals surface area (Å²) in [6.07, 6.45) is 1.03. The van der Waals surface area contributed by atoms with Crippen molar-refractivity contribution in [3.63, 3.8) is 0 Å². The Bertz CT molecular complexity index is 219. The Balaban J connectivity index is 3.95. The van der Waals surface area contributed by atoms with Gasteiger partial charge in [-0.25, -0.2) is 4.79 Å². The predicted molar refractivity (Wildman–Crippen MR) is 53.3 cm³/mol. The van der Waals surface area contributed by atoms with Crippen LogP contribution in [0.25, 0.3) is 0 Å². The minimum Gasteiger partial charge on any atom is -0.480 e. The SMILES string of the molecule is O=CCCC(=O)N[C@@H](CCS)C(=O)O. The Morgan fingerprint density at radius 1 is 1.50 bits per heavy atom. The van der Waals surface area contributed by atoms with Crippen molar-refractivity contribution in [2.45, 2.75) is 25.3 Å². The quantitative estimate of drug-likeness (QED) is 0.411. The van der Waals surface area contributed by atoms with Crippen LogP contribution in [0.2, 0.25) is 0 Å². The van der Waals surface area contributed by atoms with E-state index in [4.69, 9.17) is 5.11 Å². The monoisotopic (exact) mass is 219 g/mol. The number of carbonyl (C=O) groups excluding carboxylic acids is 2. The van der Waals surface area contributed by atoms with Crippen molar-refractivity contribution in [2.24, 2.45) is 0 Å². The fraction of sp³-hybridized carbons (Fsp3) is 0.625. The third-order valence-corrected chi connectivity index (χ3v) is 1.80. The standard InChI is InChI=1S/C8H13NO4S/c10-4-1-2-7(11)9-6(3-5-14)8(12)13/h4,6,14H,1-3,5H2,(H,9,11)(H,12,13)/t6-/m0/s1. The van der Waals surface area contributed by atoms with Gasteiger partial charge in [0.25, 0.3) is 0 Å². The van der Waals surface area contributed by atoms with Crippen molar-refractivity contribution < 1.29 is 19.5 Å². The van der Waals surface area contributed by atoms with E-state index in [1.54, 1.807) is 0 Å². The predicted octanol–water partition coefficient (Wildman–Crippen LogP) is -0.145. The summed E-state index contributed by atoms with van der Waals surface area (Å²) in [7, 11) is 0. The highest BCUT2D eigenvalue weighted by atomic mass is 32.1. The van der Waals surface area contributed by atoms with Crippen LogP contribution in [0.5, 0.6) is 0 Å². The highest BCUT2D eigenvalue weighted by Gasteiger charge is 2.18. The van der Waals surface area contributed by atoms with Gasteiger partial charge in [-0.05, 0) is 12.2 Å². The van der Waals surface area contributed by atoms with E-state index in [1.165, 1.54) is 0 Å². The zero-order valence-electron chi connectivity index (χ0n) is 7.60. The van der Waals surface area contributed by atoms with Gasteiger partial charge in [0.1, 0.15) is 12.3 Å². The normalized spacial score (nSPS) is 11.8. The number of rotatable bonds is 7. The summed E-state index contributed by atoms with van der Waals surface area (Å²) in [6.45, 7) is 0. The van der Waals surface area contributed by atoms with Crippen LogP contribution in [0.3, 0.4) is 0 Å². The van der Waals surface area contributed by atoms with Gasteiger partial charge in [-0.2, -0.15) is 12.6 Å². The van der Waals surface area contributed by atoms with E-state index in [2.05, 4.69) is 17.9 Å². The third kappa shape index (κ3) is 5.58. The molecule has 1 atom stereocenters. The van der Waals surface area contributed by atoms with Crippen LogP contribution in [0.15, 0.2) is 0 Å². The number of carboxylic acids is 1. The Hall–Kier alpha value is -1.04. The van der Waals surface area contributed by atoms with Crippen molar-refractivity contribution in [1.82, 2.24) is 5.32 Å². The Kier molecular flexibility index (Phi) is 6.82. The molecule has 0 bridgehead atoms. The van der Waals surface area contributed by atoms with Crippen molar-refractivity contribution in [3.8, 4) is 0 Å². The molecule has 0 unspecified atom stereocenters. The van der Waals surface area contributed by atoms with Gasteiger partial charge in [-0.15, -0.1) is 0 Å². The molecular formula is C8H13NO4S. The van der Waals surface area contributed by atoms with E-state index in [0.29, 0.717) is 12.0 Å². The third-order valence-electron chi connectivity index (χ3n) is 1.54. The highest BCUT2D eigenvalue weighted by molar-refractivity contribution is 7.80. The van der Waals surface area contributed by atoms with Gasteiger partial charge < -0.3 is 15.2 Å². The van der Waals surface area contributed by atoms with E-state index in [1.807, 2.05) is 0 Å². The van der Waals surface area contributed by atoms with E-state index in [-0.39, 0.29) is 19.3 Å². The van der Waals surface area contributed by atoms with Crippen molar-refractivity contribution in [1.29, 1.82) is 0 Å². The van der Waals surface area contributed by atoms with Crippen LogP contribution >= 0.6 is 12.6 Å². The average Bonchev–Trinajstić information content (AvgIpc) is 2.14. The van der Waals surface area contributed by atoms with Crippen LogP contribution < -0.4 is 5.32 Å². The zero-order valence-corrected chi connectivity index (χ0v) is 8.50. The number of aldehydes is 1. The van der Waals surface area contributed by atoms with Crippen LogP contribution in [0, 0.1) is 0 Å². The second-order valence-electron chi connectivity index (χ2n) is 2.68. The van der Waals surface area contributed by atoms with Crippen LogP contribution in [0.1, 0.15) is 19.3 Å². The summed E-state index contributed by atoms with van der Waals surface area (Å²) in [5, 5.41) is 11.0. The zero-order chi connectivity index (χ0) is 11.0. The van der Waals surface area contributed by atoms with E-state index >= 15 is 0 Å². The van der Waals surface area contributed by atoms with Gasteiger partial charge >= 0.3 is 5.97 Å². The first kappa shape index (κ1) is 13.0. The Morgan fingerprint density at radius 2 is 2.14 bits per heavy atom. The van der Waals surface area contributed by atoms with E-state index in [0.717, 1.165) is 0 Å². The minimum atomic E-state index is -1.08. The maximum absolute atomic E-state index is 11.0. The second kappa shape index (κ2) is 7.37. The molecule has 0 aromatic heterocycles. The number of carboxylic acid groups (broad SMARTS) is 1. The summed E-state index contributed by atoms with van der Waals surface area (Å²) >= 11 is 3.88. The molecule has 0 saturated carbocycles. The topological polar surface area (TPSA) is 83.5 Å². The van der Waals surface area contributed by atoms with Gasteiger partial charge in [-0.1, -0.05) is 0 Å². The molecule has 5 nitrogen and oxygen atoms in total. The van der Waals surface area contributed by atoms with Crippen LogP contribution in [-0.2, 0) is 14.4 Å². The molecule has 0 fully saturated rings. The van der Waals surface area contributed by atoms with Gasteiger partial charge in [0.2, 0.25) is 5.91 Å². The van der Waals surface area contributed by atoms with Crippen LogP contribution in [-0.4, -0.2) is 35.1 Å². The van der Waals surface area contributed by atoms with E-state index in [9.17, 15) is 14.4 Å². The largest absolute Gasteiger partial charge is 0.480 e. The van der Waals surface area contributed by atoms with Gasteiger partial charge in [0.15, 0.2) is 0 Å². The lowest BCUT2D eigenvalue weighted by molar-refractivity contribution is -0.141. The fourth-order valence-electron chi connectivity index (χ4n) is 0.843. The van der Waals surface area contributed by atoms with Crippen molar-refractivity contribution in [3.05, 3.63) is 0 Å². The summed E-state index contributed by atoms with van der Waals surface area (Å²) in [5.41, 5.74) is 0. The molecule has 0 radical (unpaired) electrons. The van der Waals surface area contributed by atoms with Gasteiger partial charge in [-0.3, -0.25) is 4.79 Å². The molecule has 14 heavy (non-hydrogen) atoms. The number of carbonyl (C=O) groups is 3. The molecule has 0 aromatic rings. The number of amides is 1. The minimum absolute atomic E-state index is 0.0276. The summed E-state index contributed by atoms with van der Waals surface area (Å²) in [4.78, 5) is 31.6. The lowest BCUT2D eigenvalue weighted by Gasteiger charge is -2.12. The Morgan fingerprint density at radius 3 is 2.57 bits per heavy atom. The molecule has 0 aliphatic heterocycles. The number of hydrogen-bond donors (Lipinski definition) is 3. The molecule has 0 rings (SSSR count). The molecule has 0 saturated heterocycles. The van der Waals surface area contributed by atoms with Crippen LogP contribution in [0.4, 0.5) is 0 Å². The average molecular weight is 219 g/mol. The molecule has 0 aliphatic rings. The Labute approximate surface area is 87.3 Å². The molecular weight excluding hydrogens is 206 g/mol. The molecule has 2 N–H and O–H groups in total. The molecule has 0 heterocycles. The highest BCUT2D eigenvalue weighted by Crippen LogP contribution is 1.96. The van der Waals surface area contributed by atoms with Crippen molar-refractivity contribution >= 4 is 30.8 Å². The maximum Gasteiger partial charge on any atom is 0.326 e. The first-order chi connectivity index (χ1) is 6.61. The second-order valence-corrected chi connectivity index (χ2v) is 3.12. The summed E-state index contributed by atoms with van der Waals surface area (Å²) in [6, 6.07) is -0.911. The number of thiol groups is 1. The molecule has 0 aromatic carbocycles. The smallest absolute Gasteiger partial charge is 0.326 e. The number of nitrogens with one attached hydrogen (secondary N) is 1. The number of hydrogen-bond acceptors (Lipinski definition) is 4. The molecule has 0 aliphatic carbocycles. The summed E-state index contributed by atoms with van der Waals surface area (Å²) < 4.78 is 0. The van der Waals surface area contributed by atoms with Gasteiger partial charge in [0.05, 0.1) is 0 Å². The fourth-order valence-corrected chi connectivity index (χ4v) is 1.10.